The fraction of sp³-hybridized carbons (Fsp3) is 0.125. The molecule has 3 rings (SSSR count). The molecule has 0 aliphatic rings. The Labute approximate surface area is 169 Å². The van der Waals surface area contributed by atoms with Crippen LogP contribution in [-0.2, 0) is 7.05 Å². The first-order chi connectivity index (χ1) is 14.0. The van der Waals surface area contributed by atoms with E-state index in [4.69, 9.17) is 9.47 Å². The second-order valence-electron chi connectivity index (χ2n) is 6.13. The SMILES string of the molecule is COc1cc(C#Cc2cccc(C#Cc3ccc(O)c(OC)c3)[n+]2C)ccc1O. The van der Waals surface area contributed by atoms with Crippen LogP contribution in [0.1, 0.15) is 22.5 Å². The zero-order valence-corrected chi connectivity index (χ0v) is 16.4. The fourth-order valence-corrected chi connectivity index (χ4v) is 2.62. The molecule has 144 valence electrons. The molecular weight excluding hydrogens is 366 g/mol. The monoisotopic (exact) mass is 386 g/mol. The van der Waals surface area contributed by atoms with E-state index < -0.39 is 0 Å². The minimum absolute atomic E-state index is 0.0757. The Kier molecular flexibility index (Phi) is 5.92. The van der Waals surface area contributed by atoms with Crippen molar-refractivity contribution in [3.05, 3.63) is 77.1 Å². The van der Waals surface area contributed by atoms with Crippen LogP contribution in [0.25, 0.3) is 0 Å². The van der Waals surface area contributed by atoms with E-state index >= 15 is 0 Å². The number of rotatable bonds is 2. The number of phenols is 2. The molecule has 2 N–H and O–H groups in total. The molecule has 0 saturated heterocycles. The number of hydrogen-bond donors (Lipinski definition) is 2. The fourth-order valence-electron chi connectivity index (χ4n) is 2.62. The molecule has 0 bridgehead atoms. The maximum Gasteiger partial charge on any atom is 0.257 e. The zero-order valence-electron chi connectivity index (χ0n) is 16.4. The second kappa shape index (κ2) is 8.73. The second-order valence-corrected chi connectivity index (χ2v) is 6.13. The van der Waals surface area contributed by atoms with Gasteiger partial charge in [-0.1, -0.05) is 11.8 Å². The molecule has 0 aliphatic heterocycles. The van der Waals surface area contributed by atoms with Gasteiger partial charge < -0.3 is 19.7 Å². The number of aromatic hydroxyl groups is 2. The molecule has 1 aromatic heterocycles. The molecule has 5 nitrogen and oxygen atoms in total. The number of pyridine rings is 1. The van der Waals surface area contributed by atoms with Crippen molar-refractivity contribution in [1.29, 1.82) is 0 Å². The third-order valence-electron chi connectivity index (χ3n) is 4.26. The molecule has 3 aromatic rings. The molecule has 1 heterocycles. The summed E-state index contributed by atoms with van der Waals surface area (Å²) in [5, 5.41) is 19.4. The summed E-state index contributed by atoms with van der Waals surface area (Å²) in [5.74, 6) is 13.3. The van der Waals surface area contributed by atoms with Gasteiger partial charge in [0.2, 0.25) is 0 Å². The molecule has 0 aliphatic carbocycles. The molecule has 2 aromatic carbocycles. The topological polar surface area (TPSA) is 62.8 Å². The first-order valence-corrected chi connectivity index (χ1v) is 8.79. The van der Waals surface area contributed by atoms with Crippen LogP contribution in [0.2, 0.25) is 0 Å². The minimum atomic E-state index is 0.0757. The van der Waals surface area contributed by atoms with Crippen LogP contribution in [0.3, 0.4) is 0 Å². The van der Waals surface area contributed by atoms with Crippen molar-refractivity contribution in [2.24, 2.45) is 7.05 Å². The third kappa shape index (κ3) is 4.61. The molecule has 0 spiro atoms. The van der Waals surface area contributed by atoms with Crippen molar-refractivity contribution < 1.29 is 24.3 Å². The van der Waals surface area contributed by atoms with Crippen molar-refractivity contribution in [2.75, 3.05) is 14.2 Å². The van der Waals surface area contributed by atoms with E-state index in [1.54, 1.807) is 36.4 Å². The largest absolute Gasteiger partial charge is 0.504 e. The lowest BCUT2D eigenvalue weighted by atomic mass is 10.2. The Morgan fingerprint density at radius 3 is 1.55 bits per heavy atom. The molecular formula is C24H20NO4+. The van der Waals surface area contributed by atoms with Crippen LogP contribution in [0.15, 0.2) is 54.6 Å². The maximum atomic E-state index is 9.69. The summed E-state index contributed by atoms with van der Waals surface area (Å²) in [6.07, 6.45) is 0. The van der Waals surface area contributed by atoms with Gasteiger partial charge in [-0.2, -0.15) is 4.57 Å². The van der Waals surface area contributed by atoms with Gasteiger partial charge in [0.25, 0.3) is 11.4 Å². The summed E-state index contributed by atoms with van der Waals surface area (Å²) < 4.78 is 12.1. The number of nitrogens with zero attached hydrogens (tertiary/aromatic N) is 1. The Hall–Kier alpha value is -4.09. The van der Waals surface area contributed by atoms with Gasteiger partial charge in [-0.3, -0.25) is 0 Å². The molecule has 0 atom stereocenters. The molecule has 5 heteroatoms. The molecule has 0 fully saturated rings. The number of benzene rings is 2. The predicted molar refractivity (Wildman–Crippen MR) is 109 cm³/mol. The van der Waals surface area contributed by atoms with E-state index in [0.29, 0.717) is 11.5 Å². The van der Waals surface area contributed by atoms with Gasteiger partial charge in [-0.15, -0.1) is 0 Å². The van der Waals surface area contributed by atoms with Gasteiger partial charge in [-0.25, -0.2) is 0 Å². The van der Waals surface area contributed by atoms with Crippen LogP contribution in [0.4, 0.5) is 0 Å². The molecule has 0 amide bonds. The van der Waals surface area contributed by atoms with Crippen LogP contribution >= 0.6 is 0 Å². The summed E-state index contributed by atoms with van der Waals surface area (Å²) in [6.45, 7) is 0. The van der Waals surface area contributed by atoms with Crippen LogP contribution < -0.4 is 14.0 Å². The van der Waals surface area contributed by atoms with E-state index in [9.17, 15) is 10.2 Å². The average molecular weight is 386 g/mol. The molecule has 0 saturated carbocycles. The summed E-state index contributed by atoms with van der Waals surface area (Å²) in [6, 6.07) is 15.6. The summed E-state index contributed by atoms with van der Waals surface area (Å²) >= 11 is 0. The van der Waals surface area contributed by atoms with Crippen molar-refractivity contribution in [1.82, 2.24) is 0 Å². The Balaban J connectivity index is 1.90. The lowest BCUT2D eigenvalue weighted by Gasteiger charge is -2.02. The predicted octanol–water partition coefficient (Wildman–Crippen LogP) is 2.74. The van der Waals surface area contributed by atoms with Crippen molar-refractivity contribution in [2.45, 2.75) is 0 Å². The molecule has 0 radical (unpaired) electrons. The summed E-state index contributed by atoms with van der Waals surface area (Å²) in [7, 11) is 4.89. The van der Waals surface area contributed by atoms with Gasteiger partial charge >= 0.3 is 0 Å². The lowest BCUT2D eigenvalue weighted by molar-refractivity contribution is -0.676. The van der Waals surface area contributed by atoms with Crippen LogP contribution in [0.5, 0.6) is 23.0 Å². The minimum Gasteiger partial charge on any atom is -0.504 e. The van der Waals surface area contributed by atoms with E-state index in [2.05, 4.69) is 23.7 Å². The maximum absolute atomic E-state index is 9.69. The number of methoxy groups -OCH3 is 2. The summed E-state index contributed by atoms with van der Waals surface area (Å²) in [5.41, 5.74) is 3.03. The van der Waals surface area contributed by atoms with Crippen molar-refractivity contribution in [3.8, 4) is 46.7 Å². The van der Waals surface area contributed by atoms with E-state index in [1.165, 1.54) is 14.2 Å². The quantitative estimate of drug-likeness (QED) is 0.525. The third-order valence-corrected chi connectivity index (χ3v) is 4.26. The zero-order chi connectivity index (χ0) is 20.8. The number of aromatic nitrogens is 1. The number of phenolic OH excluding ortho intramolecular Hbond substituents is 2. The van der Waals surface area contributed by atoms with Gasteiger partial charge in [0, 0.05) is 35.1 Å². The van der Waals surface area contributed by atoms with Gasteiger partial charge in [0.15, 0.2) is 23.0 Å². The Bertz CT molecular complexity index is 1090. The van der Waals surface area contributed by atoms with E-state index in [0.717, 1.165) is 22.5 Å². The Morgan fingerprint density at radius 2 is 1.14 bits per heavy atom. The smallest absolute Gasteiger partial charge is 0.257 e. The molecule has 29 heavy (non-hydrogen) atoms. The highest BCUT2D eigenvalue weighted by molar-refractivity contribution is 5.50. The first-order valence-electron chi connectivity index (χ1n) is 8.79. The summed E-state index contributed by atoms with van der Waals surface area (Å²) in [4.78, 5) is 0. The standard InChI is InChI=1S/C24H19NO4/c1-25-19(11-7-17-9-13-21(26)23(15-17)28-2)5-4-6-20(25)12-8-18-10-14-22(27)24(16-18)29-3/h4-6,9-10,13-16H,1-3H3,(H,26,27)/p+1. The molecule has 0 unspecified atom stereocenters. The average Bonchev–Trinajstić information content (AvgIpc) is 2.74. The van der Waals surface area contributed by atoms with Crippen molar-refractivity contribution in [3.63, 3.8) is 0 Å². The first kappa shape index (κ1) is 19.7. The number of ether oxygens (including phenoxy) is 2. The van der Waals surface area contributed by atoms with Crippen LogP contribution in [0, 0.1) is 23.7 Å². The number of hydrogen-bond acceptors (Lipinski definition) is 4. The lowest BCUT2D eigenvalue weighted by Crippen LogP contribution is -2.36. The van der Waals surface area contributed by atoms with Crippen molar-refractivity contribution >= 4 is 0 Å². The van der Waals surface area contributed by atoms with E-state index in [1.807, 2.05) is 29.8 Å². The highest BCUT2D eigenvalue weighted by Gasteiger charge is 2.08. The van der Waals surface area contributed by atoms with Gasteiger partial charge in [0.1, 0.15) is 7.05 Å². The Morgan fingerprint density at radius 1 is 0.690 bits per heavy atom. The van der Waals surface area contributed by atoms with Gasteiger partial charge in [0.05, 0.1) is 14.2 Å². The van der Waals surface area contributed by atoms with Gasteiger partial charge in [-0.05, 0) is 42.5 Å². The highest BCUT2D eigenvalue weighted by atomic mass is 16.5. The van der Waals surface area contributed by atoms with E-state index in [-0.39, 0.29) is 11.5 Å². The normalized spacial score (nSPS) is 9.62. The van der Waals surface area contributed by atoms with Crippen LogP contribution in [-0.4, -0.2) is 24.4 Å². The highest BCUT2D eigenvalue weighted by Crippen LogP contribution is 2.26.